The molecule has 2 heterocycles. The van der Waals surface area contributed by atoms with Crippen molar-refractivity contribution >= 4 is 5.91 Å². The molecule has 0 spiro atoms. The monoisotopic (exact) mass is 388 g/mol. The summed E-state index contributed by atoms with van der Waals surface area (Å²) < 4.78 is 1.96. The highest BCUT2D eigenvalue weighted by Gasteiger charge is 2.30. The summed E-state index contributed by atoms with van der Waals surface area (Å²) >= 11 is 0. The number of carbonyl (C=O) groups excluding carboxylic acids is 1. The zero-order valence-corrected chi connectivity index (χ0v) is 16.9. The third kappa shape index (κ3) is 4.74. The Kier molecular flexibility index (Phi) is 6.06. The molecule has 1 aromatic heterocycles. The molecular formula is C24H28N4O. The largest absolute Gasteiger partial charge is 0.341 e. The van der Waals surface area contributed by atoms with E-state index < -0.39 is 0 Å². The molecule has 2 aromatic carbocycles. The Bertz CT molecular complexity index is 916. The standard InChI is InChI=1S/C24H28N4O/c1-26(17-21-16-25-28(19-21)18-20-10-4-2-5-11-20)23(22-12-6-3-7-13-22)24(29)27-14-8-9-15-27/h2-7,10-13,16,19,23H,8-9,14-15,17-18H2,1H3/t23-/m0/s1. The number of rotatable bonds is 7. The highest BCUT2D eigenvalue weighted by atomic mass is 16.2. The smallest absolute Gasteiger partial charge is 0.244 e. The molecule has 1 aliphatic heterocycles. The second-order valence-corrected chi connectivity index (χ2v) is 7.79. The molecule has 1 amide bonds. The van der Waals surface area contributed by atoms with Crippen LogP contribution in [-0.2, 0) is 17.9 Å². The Balaban J connectivity index is 1.49. The van der Waals surface area contributed by atoms with Gasteiger partial charge in [-0.3, -0.25) is 14.4 Å². The van der Waals surface area contributed by atoms with Crippen LogP contribution < -0.4 is 0 Å². The summed E-state index contributed by atoms with van der Waals surface area (Å²) in [7, 11) is 2.03. The maximum Gasteiger partial charge on any atom is 0.244 e. The molecule has 1 fully saturated rings. The van der Waals surface area contributed by atoms with Crippen LogP contribution in [0.1, 0.15) is 35.6 Å². The molecule has 5 heteroatoms. The van der Waals surface area contributed by atoms with Crippen molar-refractivity contribution in [3.8, 4) is 0 Å². The van der Waals surface area contributed by atoms with Crippen LogP contribution in [0.25, 0.3) is 0 Å². The van der Waals surface area contributed by atoms with Gasteiger partial charge in [0.05, 0.1) is 12.7 Å². The maximum atomic E-state index is 13.3. The van der Waals surface area contributed by atoms with Crippen molar-refractivity contribution in [3.63, 3.8) is 0 Å². The molecule has 150 valence electrons. The first-order chi connectivity index (χ1) is 14.2. The van der Waals surface area contributed by atoms with E-state index >= 15 is 0 Å². The first kappa shape index (κ1) is 19.4. The SMILES string of the molecule is CN(Cc1cnn(Cc2ccccc2)c1)[C@H](C(=O)N1CCCC1)c1ccccc1. The van der Waals surface area contributed by atoms with E-state index in [1.807, 2.05) is 71.4 Å². The van der Waals surface area contributed by atoms with Gasteiger partial charge >= 0.3 is 0 Å². The van der Waals surface area contributed by atoms with Crippen LogP contribution in [-0.4, -0.2) is 45.6 Å². The van der Waals surface area contributed by atoms with Crippen molar-refractivity contribution < 1.29 is 4.79 Å². The number of aromatic nitrogens is 2. The molecule has 1 atom stereocenters. The van der Waals surface area contributed by atoms with E-state index in [4.69, 9.17) is 0 Å². The molecule has 0 bridgehead atoms. The van der Waals surface area contributed by atoms with Gasteiger partial charge in [-0.05, 0) is 31.0 Å². The van der Waals surface area contributed by atoms with Gasteiger partial charge in [0.15, 0.2) is 0 Å². The molecule has 0 N–H and O–H groups in total. The number of nitrogens with zero attached hydrogens (tertiary/aromatic N) is 4. The summed E-state index contributed by atoms with van der Waals surface area (Å²) in [5.41, 5.74) is 3.38. The summed E-state index contributed by atoms with van der Waals surface area (Å²) in [5.74, 6) is 0.202. The minimum atomic E-state index is -0.272. The fraction of sp³-hybridized carbons (Fsp3) is 0.333. The maximum absolute atomic E-state index is 13.3. The van der Waals surface area contributed by atoms with E-state index in [2.05, 4.69) is 28.3 Å². The summed E-state index contributed by atoms with van der Waals surface area (Å²) in [4.78, 5) is 17.4. The molecule has 4 rings (SSSR count). The van der Waals surface area contributed by atoms with Crippen molar-refractivity contribution in [2.45, 2.75) is 32.0 Å². The van der Waals surface area contributed by atoms with E-state index in [1.54, 1.807) is 0 Å². The van der Waals surface area contributed by atoms with Gasteiger partial charge in [-0.2, -0.15) is 5.10 Å². The van der Waals surface area contributed by atoms with Gasteiger partial charge in [0.1, 0.15) is 6.04 Å². The van der Waals surface area contributed by atoms with Crippen molar-refractivity contribution in [2.24, 2.45) is 0 Å². The average Bonchev–Trinajstić information content (AvgIpc) is 3.42. The van der Waals surface area contributed by atoms with Crippen LogP contribution in [0.5, 0.6) is 0 Å². The average molecular weight is 389 g/mol. The van der Waals surface area contributed by atoms with Crippen molar-refractivity contribution in [2.75, 3.05) is 20.1 Å². The number of likely N-dealkylation sites (tertiary alicyclic amines) is 1. The third-order valence-corrected chi connectivity index (χ3v) is 5.51. The van der Waals surface area contributed by atoms with Gasteiger partial charge in [0, 0.05) is 31.4 Å². The molecule has 1 aliphatic rings. The van der Waals surface area contributed by atoms with E-state index in [0.717, 1.165) is 43.6 Å². The van der Waals surface area contributed by atoms with E-state index in [0.29, 0.717) is 6.54 Å². The fourth-order valence-corrected chi connectivity index (χ4v) is 4.06. The molecule has 5 nitrogen and oxygen atoms in total. The van der Waals surface area contributed by atoms with E-state index in [9.17, 15) is 4.79 Å². The topological polar surface area (TPSA) is 41.4 Å². The second-order valence-electron chi connectivity index (χ2n) is 7.79. The van der Waals surface area contributed by atoms with Gasteiger partial charge in [0.2, 0.25) is 5.91 Å². The summed E-state index contributed by atoms with van der Waals surface area (Å²) in [6, 6.07) is 20.2. The Morgan fingerprint density at radius 3 is 2.34 bits per heavy atom. The summed E-state index contributed by atoms with van der Waals surface area (Å²) in [6.07, 6.45) is 6.18. The van der Waals surface area contributed by atoms with Gasteiger partial charge < -0.3 is 4.90 Å². The number of carbonyl (C=O) groups is 1. The third-order valence-electron chi connectivity index (χ3n) is 5.51. The summed E-state index contributed by atoms with van der Waals surface area (Å²) in [5, 5.41) is 4.51. The predicted molar refractivity (Wildman–Crippen MR) is 114 cm³/mol. The Morgan fingerprint density at radius 1 is 1.00 bits per heavy atom. The second kappa shape index (κ2) is 9.05. The molecule has 1 saturated heterocycles. The number of hydrogen-bond donors (Lipinski definition) is 0. The molecule has 0 radical (unpaired) electrons. The van der Waals surface area contributed by atoms with Crippen molar-refractivity contribution in [1.29, 1.82) is 0 Å². The predicted octanol–water partition coefficient (Wildman–Crippen LogP) is 3.73. The van der Waals surface area contributed by atoms with Gasteiger partial charge in [-0.15, -0.1) is 0 Å². The normalized spacial score (nSPS) is 15.0. The summed E-state index contributed by atoms with van der Waals surface area (Å²) in [6.45, 7) is 3.16. The minimum absolute atomic E-state index is 0.202. The van der Waals surface area contributed by atoms with E-state index in [-0.39, 0.29) is 11.9 Å². The lowest BCUT2D eigenvalue weighted by Gasteiger charge is -2.30. The van der Waals surface area contributed by atoms with E-state index in [1.165, 1.54) is 5.56 Å². The Hall–Kier alpha value is -2.92. The van der Waals surface area contributed by atoms with Gasteiger partial charge in [-0.1, -0.05) is 60.7 Å². The number of likely N-dealkylation sites (N-methyl/N-ethyl adjacent to an activating group) is 1. The van der Waals surface area contributed by atoms with Crippen LogP contribution in [0.2, 0.25) is 0 Å². The lowest BCUT2D eigenvalue weighted by atomic mass is 10.0. The Morgan fingerprint density at radius 2 is 1.66 bits per heavy atom. The molecule has 0 saturated carbocycles. The van der Waals surface area contributed by atoms with Crippen LogP contribution in [0, 0.1) is 0 Å². The molecule has 0 aliphatic carbocycles. The Labute approximate surface area is 172 Å². The van der Waals surface area contributed by atoms with Crippen molar-refractivity contribution in [1.82, 2.24) is 19.6 Å². The van der Waals surface area contributed by atoms with Gasteiger partial charge in [0.25, 0.3) is 0 Å². The lowest BCUT2D eigenvalue weighted by molar-refractivity contribution is -0.136. The van der Waals surface area contributed by atoms with Crippen LogP contribution in [0.3, 0.4) is 0 Å². The zero-order valence-electron chi connectivity index (χ0n) is 16.9. The van der Waals surface area contributed by atoms with Crippen molar-refractivity contribution in [3.05, 3.63) is 89.7 Å². The van der Waals surface area contributed by atoms with Crippen LogP contribution >= 0.6 is 0 Å². The molecule has 3 aromatic rings. The van der Waals surface area contributed by atoms with Gasteiger partial charge in [-0.25, -0.2) is 0 Å². The molecular weight excluding hydrogens is 360 g/mol. The number of amides is 1. The highest BCUT2D eigenvalue weighted by Crippen LogP contribution is 2.25. The first-order valence-electron chi connectivity index (χ1n) is 10.3. The quantitative estimate of drug-likeness (QED) is 0.619. The van der Waals surface area contributed by atoms with Crippen LogP contribution in [0.4, 0.5) is 0 Å². The zero-order chi connectivity index (χ0) is 20.1. The first-order valence-corrected chi connectivity index (χ1v) is 10.3. The highest BCUT2D eigenvalue weighted by molar-refractivity contribution is 5.83. The molecule has 29 heavy (non-hydrogen) atoms. The molecule has 0 unspecified atom stereocenters. The lowest BCUT2D eigenvalue weighted by Crippen LogP contribution is -2.40. The number of hydrogen-bond acceptors (Lipinski definition) is 3. The fourth-order valence-electron chi connectivity index (χ4n) is 4.06. The number of benzene rings is 2. The van der Waals surface area contributed by atoms with Crippen LogP contribution in [0.15, 0.2) is 73.1 Å². The minimum Gasteiger partial charge on any atom is -0.341 e.